The van der Waals surface area contributed by atoms with Gasteiger partial charge in [-0.1, -0.05) is 29.8 Å². The summed E-state index contributed by atoms with van der Waals surface area (Å²) in [5.74, 6) is -0.561. The Morgan fingerprint density at radius 2 is 2.16 bits per heavy atom. The van der Waals surface area contributed by atoms with Gasteiger partial charge in [0.15, 0.2) is 5.79 Å². The average molecular weight is 258 g/mol. The van der Waals surface area contributed by atoms with E-state index in [1.54, 1.807) is 12.5 Å². The van der Waals surface area contributed by atoms with E-state index in [2.05, 4.69) is 36.2 Å². The van der Waals surface area contributed by atoms with Crippen LogP contribution in [0.1, 0.15) is 11.1 Å². The average Bonchev–Trinajstić information content (AvgIpc) is 3.02. The van der Waals surface area contributed by atoms with Crippen molar-refractivity contribution in [3.63, 3.8) is 0 Å². The van der Waals surface area contributed by atoms with Crippen LogP contribution >= 0.6 is 0 Å². The molecule has 1 aliphatic rings. The molecule has 1 aliphatic heterocycles. The Morgan fingerprint density at radius 1 is 1.32 bits per heavy atom. The Bertz CT molecular complexity index is 531. The van der Waals surface area contributed by atoms with Crippen molar-refractivity contribution in [2.24, 2.45) is 0 Å². The molecule has 4 heteroatoms. The lowest BCUT2D eigenvalue weighted by Gasteiger charge is -2.28. The van der Waals surface area contributed by atoms with E-state index in [4.69, 9.17) is 9.47 Å². The first-order valence-electron chi connectivity index (χ1n) is 6.55. The van der Waals surface area contributed by atoms with Crippen molar-refractivity contribution in [1.29, 1.82) is 0 Å². The topological polar surface area (TPSA) is 36.3 Å². The van der Waals surface area contributed by atoms with E-state index in [0.29, 0.717) is 19.8 Å². The summed E-state index contributed by atoms with van der Waals surface area (Å²) in [5.41, 5.74) is 2.50. The zero-order valence-electron chi connectivity index (χ0n) is 11.1. The molecule has 1 fully saturated rings. The van der Waals surface area contributed by atoms with Crippen LogP contribution in [0.5, 0.6) is 0 Å². The van der Waals surface area contributed by atoms with Gasteiger partial charge in [-0.15, -0.1) is 0 Å². The molecule has 0 amide bonds. The molecule has 0 atom stereocenters. The quantitative estimate of drug-likeness (QED) is 0.843. The van der Waals surface area contributed by atoms with Gasteiger partial charge in [-0.25, -0.2) is 4.98 Å². The highest BCUT2D eigenvalue weighted by Gasteiger charge is 2.37. The first-order valence-corrected chi connectivity index (χ1v) is 6.55. The largest absolute Gasteiger partial charge is 0.345 e. The first-order chi connectivity index (χ1) is 9.26. The fourth-order valence-corrected chi connectivity index (χ4v) is 2.54. The van der Waals surface area contributed by atoms with Crippen LogP contribution < -0.4 is 0 Å². The number of hydrogen-bond donors (Lipinski definition) is 0. The molecule has 0 bridgehead atoms. The fraction of sp³-hybridized carbons (Fsp3) is 0.400. The smallest absolute Gasteiger partial charge is 0.190 e. The molecule has 1 aromatic carbocycles. The van der Waals surface area contributed by atoms with Crippen LogP contribution in [0, 0.1) is 6.92 Å². The fourth-order valence-electron chi connectivity index (χ4n) is 2.54. The summed E-state index contributed by atoms with van der Waals surface area (Å²) in [6.07, 6.45) is 6.26. The number of nitrogens with zero attached hydrogens (tertiary/aromatic N) is 2. The van der Waals surface area contributed by atoms with E-state index < -0.39 is 5.79 Å². The van der Waals surface area contributed by atoms with Crippen LogP contribution in [0.25, 0.3) is 0 Å². The number of aromatic nitrogens is 2. The third-order valence-electron chi connectivity index (χ3n) is 3.35. The highest BCUT2D eigenvalue weighted by Crippen LogP contribution is 2.26. The highest BCUT2D eigenvalue weighted by atomic mass is 16.7. The van der Waals surface area contributed by atoms with E-state index in [1.165, 1.54) is 11.1 Å². The van der Waals surface area contributed by atoms with Crippen LogP contribution in [0.2, 0.25) is 0 Å². The minimum absolute atomic E-state index is 0.561. The number of aryl methyl sites for hydroxylation is 1. The van der Waals surface area contributed by atoms with E-state index in [-0.39, 0.29) is 0 Å². The summed E-state index contributed by atoms with van der Waals surface area (Å²) < 4.78 is 13.8. The van der Waals surface area contributed by atoms with Gasteiger partial charge in [0.1, 0.15) is 0 Å². The maximum absolute atomic E-state index is 5.89. The molecule has 0 spiro atoms. The molecular formula is C15H18N2O2. The Labute approximate surface area is 113 Å². The lowest BCUT2D eigenvalue weighted by Crippen LogP contribution is -2.37. The number of ether oxygens (including phenoxy) is 2. The molecule has 0 radical (unpaired) electrons. The van der Waals surface area contributed by atoms with Crippen LogP contribution in [0.3, 0.4) is 0 Å². The van der Waals surface area contributed by atoms with Crippen LogP contribution in [0.4, 0.5) is 0 Å². The second-order valence-corrected chi connectivity index (χ2v) is 5.01. The summed E-state index contributed by atoms with van der Waals surface area (Å²) in [6.45, 7) is 4.07. The van der Waals surface area contributed by atoms with Crippen molar-refractivity contribution in [2.75, 3.05) is 13.2 Å². The number of imidazole rings is 1. The molecule has 100 valence electrons. The second-order valence-electron chi connectivity index (χ2n) is 5.01. The molecule has 2 heterocycles. The Hall–Kier alpha value is -1.65. The van der Waals surface area contributed by atoms with Crippen molar-refractivity contribution in [2.45, 2.75) is 25.7 Å². The van der Waals surface area contributed by atoms with Crippen molar-refractivity contribution in [3.8, 4) is 0 Å². The van der Waals surface area contributed by atoms with E-state index in [9.17, 15) is 0 Å². The van der Waals surface area contributed by atoms with E-state index in [0.717, 1.165) is 6.42 Å². The maximum Gasteiger partial charge on any atom is 0.190 e. The molecule has 1 saturated heterocycles. The molecule has 19 heavy (non-hydrogen) atoms. The van der Waals surface area contributed by atoms with Crippen molar-refractivity contribution >= 4 is 0 Å². The molecule has 0 N–H and O–H groups in total. The molecule has 1 aromatic heterocycles. The molecular weight excluding hydrogens is 240 g/mol. The predicted molar refractivity (Wildman–Crippen MR) is 71.7 cm³/mol. The van der Waals surface area contributed by atoms with Gasteiger partial charge in [0.25, 0.3) is 0 Å². The maximum atomic E-state index is 5.89. The molecule has 0 aliphatic carbocycles. The molecule has 3 rings (SSSR count). The molecule has 0 saturated carbocycles. The minimum Gasteiger partial charge on any atom is -0.345 e. The van der Waals surface area contributed by atoms with Crippen molar-refractivity contribution < 1.29 is 9.47 Å². The second kappa shape index (κ2) is 5.15. The summed E-state index contributed by atoms with van der Waals surface area (Å²) in [5, 5.41) is 0. The van der Waals surface area contributed by atoms with Crippen LogP contribution in [0.15, 0.2) is 43.0 Å². The minimum atomic E-state index is -0.561. The molecule has 2 aromatic rings. The summed E-state index contributed by atoms with van der Waals surface area (Å²) >= 11 is 0. The van der Waals surface area contributed by atoms with Crippen LogP contribution in [-0.2, 0) is 22.4 Å². The lowest BCUT2D eigenvalue weighted by atomic mass is 10.0. The Balaban J connectivity index is 1.80. The number of rotatable bonds is 4. The number of hydrogen-bond acceptors (Lipinski definition) is 3. The zero-order valence-corrected chi connectivity index (χ0v) is 11.1. The van der Waals surface area contributed by atoms with Gasteiger partial charge in [0.2, 0.25) is 0 Å². The van der Waals surface area contributed by atoms with Gasteiger partial charge in [-0.2, -0.15) is 0 Å². The monoisotopic (exact) mass is 258 g/mol. The summed E-state index contributed by atoms with van der Waals surface area (Å²) in [6, 6.07) is 8.47. The Morgan fingerprint density at radius 3 is 2.84 bits per heavy atom. The Kier molecular flexibility index (Phi) is 3.36. The van der Waals surface area contributed by atoms with Gasteiger partial charge in [0.05, 0.1) is 26.1 Å². The third kappa shape index (κ3) is 2.85. The van der Waals surface area contributed by atoms with Gasteiger partial charge >= 0.3 is 0 Å². The number of benzene rings is 1. The first kappa shape index (κ1) is 12.4. The van der Waals surface area contributed by atoms with Crippen LogP contribution in [-0.4, -0.2) is 28.6 Å². The summed E-state index contributed by atoms with van der Waals surface area (Å²) in [4.78, 5) is 4.07. The van der Waals surface area contributed by atoms with Gasteiger partial charge in [0, 0.05) is 18.8 Å². The summed E-state index contributed by atoms with van der Waals surface area (Å²) in [7, 11) is 0. The van der Waals surface area contributed by atoms with E-state index >= 15 is 0 Å². The lowest BCUT2D eigenvalue weighted by molar-refractivity contribution is -0.166. The normalized spacial score (nSPS) is 17.7. The molecule has 0 unspecified atom stereocenters. The van der Waals surface area contributed by atoms with Crippen molar-refractivity contribution in [1.82, 2.24) is 9.55 Å². The standard InChI is InChI=1S/C15H18N2O2/c1-13-3-2-4-14(9-13)10-15(18-7-8-19-15)11-17-6-5-16-12-17/h2-6,9,12H,7-8,10-11H2,1H3. The van der Waals surface area contributed by atoms with E-state index in [1.807, 2.05) is 10.8 Å². The van der Waals surface area contributed by atoms with Gasteiger partial charge < -0.3 is 14.0 Å². The zero-order chi connectivity index (χ0) is 13.1. The SMILES string of the molecule is Cc1cccc(CC2(Cn3ccnc3)OCCO2)c1. The third-order valence-corrected chi connectivity index (χ3v) is 3.35. The predicted octanol–water partition coefficient (Wildman–Crippen LogP) is 2.18. The van der Waals surface area contributed by atoms with Gasteiger partial charge in [-0.05, 0) is 12.5 Å². The molecule has 4 nitrogen and oxygen atoms in total. The van der Waals surface area contributed by atoms with Gasteiger partial charge in [-0.3, -0.25) is 0 Å². The highest BCUT2D eigenvalue weighted by molar-refractivity contribution is 5.23. The van der Waals surface area contributed by atoms with Crippen molar-refractivity contribution in [3.05, 3.63) is 54.1 Å².